The fourth-order valence-electron chi connectivity index (χ4n) is 5.83. The largest absolute Gasteiger partial charge is 0.0843 e. The second-order valence-electron chi connectivity index (χ2n) is 12.5. The molecule has 0 spiro atoms. The van der Waals surface area contributed by atoms with Crippen molar-refractivity contribution in [2.75, 3.05) is 0 Å². The van der Waals surface area contributed by atoms with E-state index >= 15 is 0 Å². The van der Waals surface area contributed by atoms with E-state index in [4.69, 9.17) is 11.6 Å². The lowest BCUT2D eigenvalue weighted by atomic mass is 9.57. The van der Waals surface area contributed by atoms with Gasteiger partial charge in [0.05, 0.1) is 5.41 Å². The quantitative estimate of drug-likeness (QED) is 0.350. The van der Waals surface area contributed by atoms with Crippen molar-refractivity contribution < 1.29 is 0 Å². The molecule has 1 atom stereocenters. The third-order valence-corrected chi connectivity index (χ3v) is 7.42. The zero-order chi connectivity index (χ0) is 23.7. The molecule has 0 aromatic heterocycles. The Kier molecular flexibility index (Phi) is 5.22. The van der Waals surface area contributed by atoms with Crippen molar-refractivity contribution in [3.63, 3.8) is 0 Å². The number of rotatable bonds is 1. The Balaban J connectivity index is 2.24. The van der Waals surface area contributed by atoms with E-state index < -0.39 is 0 Å². The summed E-state index contributed by atoms with van der Waals surface area (Å²) in [5.41, 5.74) is 9.39. The first kappa shape index (κ1) is 23.1. The van der Waals surface area contributed by atoms with Crippen LogP contribution in [0.15, 0.2) is 60.7 Å². The van der Waals surface area contributed by atoms with E-state index in [2.05, 4.69) is 123 Å². The normalized spacial score (nSPS) is 18.4. The maximum absolute atomic E-state index is 6.58. The van der Waals surface area contributed by atoms with Crippen molar-refractivity contribution in [1.29, 1.82) is 0 Å². The molecule has 0 radical (unpaired) electrons. The molecule has 0 nitrogen and oxygen atoms in total. The van der Waals surface area contributed by atoms with E-state index in [1.54, 1.807) is 0 Å². The predicted molar refractivity (Wildman–Crippen MR) is 140 cm³/mol. The van der Waals surface area contributed by atoms with Crippen LogP contribution in [0.25, 0.3) is 11.1 Å². The Morgan fingerprint density at radius 1 is 0.594 bits per heavy atom. The first-order chi connectivity index (χ1) is 14.7. The summed E-state index contributed by atoms with van der Waals surface area (Å²) in [4.78, 5) is 0. The molecule has 0 amide bonds. The fraction of sp³-hybridized carbons (Fsp3) is 0.419. The minimum absolute atomic E-state index is 0.0411. The summed E-state index contributed by atoms with van der Waals surface area (Å²) in [6, 6.07) is 22.6. The second-order valence-corrected chi connectivity index (χ2v) is 12.9. The summed E-state index contributed by atoms with van der Waals surface area (Å²) in [6.07, 6.45) is 0. The summed E-state index contributed by atoms with van der Waals surface area (Å²) < 4.78 is 0. The molecule has 0 bridgehead atoms. The van der Waals surface area contributed by atoms with Crippen LogP contribution in [0.4, 0.5) is 0 Å². The second kappa shape index (κ2) is 7.22. The summed E-state index contributed by atoms with van der Waals surface area (Å²) >= 11 is 6.58. The van der Waals surface area contributed by atoms with Gasteiger partial charge in [0, 0.05) is 5.02 Å². The highest BCUT2D eigenvalue weighted by Crippen LogP contribution is 2.61. The van der Waals surface area contributed by atoms with Crippen LogP contribution in [0, 0.1) is 5.41 Å². The van der Waals surface area contributed by atoms with Crippen LogP contribution in [0.3, 0.4) is 0 Å². The van der Waals surface area contributed by atoms with Crippen molar-refractivity contribution in [3.8, 4) is 11.1 Å². The number of hydrogen-bond donors (Lipinski definition) is 0. The summed E-state index contributed by atoms with van der Waals surface area (Å²) in [5.74, 6) is 0. The van der Waals surface area contributed by atoms with E-state index in [1.807, 2.05) is 0 Å². The molecule has 1 aliphatic rings. The van der Waals surface area contributed by atoms with E-state index in [-0.39, 0.29) is 21.7 Å². The monoisotopic (exact) mass is 444 g/mol. The molecule has 0 aliphatic heterocycles. The van der Waals surface area contributed by atoms with Gasteiger partial charge in [-0.15, -0.1) is 0 Å². The topological polar surface area (TPSA) is 0 Å². The van der Waals surface area contributed by atoms with Crippen LogP contribution >= 0.6 is 11.6 Å². The van der Waals surface area contributed by atoms with E-state index in [0.29, 0.717) is 0 Å². The van der Waals surface area contributed by atoms with Crippen LogP contribution in [-0.2, 0) is 16.2 Å². The molecule has 168 valence electrons. The summed E-state index contributed by atoms with van der Waals surface area (Å²) in [7, 11) is 0. The van der Waals surface area contributed by atoms with E-state index in [1.165, 1.54) is 38.9 Å². The van der Waals surface area contributed by atoms with Gasteiger partial charge in [0.25, 0.3) is 0 Å². The lowest BCUT2D eigenvalue weighted by Crippen LogP contribution is -2.41. The van der Waals surface area contributed by atoms with Crippen LogP contribution < -0.4 is 0 Å². The minimum Gasteiger partial charge on any atom is -0.0843 e. The summed E-state index contributed by atoms with van der Waals surface area (Å²) in [5, 5.41) is 0.796. The first-order valence-corrected chi connectivity index (χ1v) is 12.1. The molecule has 1 unspecified atom stereocenters. The number of fused-ring (bicyclic) bond motifs is 3. The van der Waals surface area contributed by atoms with Crippen LogP contribution in [0.5, 0.6) is 0 Å². The zero-order valence-corrected chi connectivity index (χ0v) is 21.9. The number of hydrogen-bond acceptors (Lipinski definition) is 0. The van der Waals surface area contributed by atoms with Crippen molar-refractivity contribution in [2.24, 2.45) is 5.41 Å². The third kappa shape index (κ3) is 3.34. The molecule has 1 aliphatic carbocycles. The fourth-order valence-corrected chi connectivity index (χ4v) is 6.00. The van der Waals surface area contributed by atoms with Gasteiger partial charge in [-0.3, -0.25) is 0 Å². The molecule has 0 saturated heterocycles. The lowest BCUT2D eigenvalue weighted by Gasteiger charge is -2.45. The Hall–Kier alpha value is -2.05. The van der Waals surface area contributed by atoms with Gasteiger partial charge in [-0.05, 0) is 73.4 Å². The smallest absolute Gasteiger partial charge is 0.0511 e. The molecule has 0 fully saturated rings. The molecule has 0 saturated carbocycles. The maximum Gasteiger partial charge on any atom is 0.0511 e. The van der Waals surface area contributed by atoms with E-state index in [0.717, 1.165) is 5.02 Å². The van der Waals surface area contributed by atoms with Crippen LogP contribution in [0.2, 0.25) is 5.02 Å². The summed E-state index contributed by atoms with van der Waals surface area (Å²) in [6.45, 7) is 21.1. The number of benzene rings is 3. The van der Waals surface area contributed by atoms with Crippen molar-refractivity contribution in [1.82, 2.24) is 0 Å². The zero-order valence-electron chi connectivity index (χ0n) is 21.2. The lowest BCUT2D eigenvalue weighted by molar-refractivity contribution is 0.277. The first-order valence-electron chi connectivity index (χ1n) is 11.7. The van der Waals surface area contributed by atoms with Crippen LogP contribution in [-0.4, -0.2) is 0 Å². The van der Waals surface area contributed by atoms with Crippen LogP contribution in [0.1, 0.15) is 90.1 Å². The van der Waals surface area contributed by atoms with Gasteiger partial charge in [0.2, 0.25) is 0 Å². The molecule has 0 heterocycles. The Bertz CT molecular complexity index is 1160. The molecule has 1 heteroatoms. The minimum atomic E-state index is -0.250. The molecular formula is C31H37Cl. The predicted octanol–water partition coefficient (Wildman–Crippen LogP) is 9.30. The Morgan fingerprint density at radius 2 is 1.12 bits per heavy atom. The Labute approximate surface area is 200 Å². The van der Waals surface area contributed by atoms with Gasteiger partial charge in [0.15, 0.2) is 0 Å². The van der Waals surface area contributed by atoms with Crippen molar-refractivity contribution in [2.45, 2.75) is 78.6 Å². The average molecular weight is 445 g/mol. The third-order valence-electron chi connectivity index (χ3n) is 7.19. The van der Waals surface area contributed by atoms with Gasteiger partial charge >= 0.3 is 0 Å². The SMILES string of the molecule is CC(C)(C)c1cc2c(cc1C(C)(C)C)C(c1ccccc1)(C(C)(C)C)c1ccc(Cl)cc1-2. The highest BCUT2D eigenvalue weighted by molar-refractivity contribution is 6.31. The van der Waals surface area contributed by atoms with E-state index in [9.17, 15) is 0 Å². The Morgan fingerprint density at radius 3 is 1.66 bits per heavy atom. The molecule has 4 rings (SSSR count). The van der Waals surface area contributed by atoms with Gasteiger partial charge < -0.3 is 0 Å². The molecule has 0 N–H and O–H groups in total. The number of halogens is 1. The molecule has 32 heavy (non-hydrogen) atoms. The van der Waals surface area contributed by atoms with Crippen molar-refractivity contribution >= 4 is 11.6 Å². The standard InChI is InChI=1S/C31H37Cl/c1-28(2,3)26-18-23-22-17-21(32)15-16-24(22)31(30(7,8)9,20-13-11-10-12-14-20)25(23)19-27(26)29(4,5)6/h10-19H,1-9H3. The molecule has 3 aromatic rings. The van der Waals surface area contributed by atoms with Gasteiger partial charge in [-0.1, -0.05) is 116 Å². The molecule has 3 aromatic carbocycles. The molecular weight excluding hydrogens is 408 g/mol. The highest BCUT2D eigenvalue weighted by atomic mass is 35.5. The average Bonchev–Trinajstić information content (AvgIpc) is 2.96. The highest BCUT2D eigenvalue weighted by Gasteiger charge is 2.53. The van der Waals surface area contributed by atoms with Crippen molar-refractivity contribution in [3.05, 3.63) is 93.5 Å². The van der Waals surface area contributed by atoms with Gasteiger partial charge in [-0.2, -0.15) is 0 Å². The maximum atomic E-state index is 6.58. The van der Waals surface area contributed by atoms with Gasteiger partial charge in [-0.25, -0.2) is 0 Å². The van der Waals surface area contributed by atoms with Gasteiger partial charge in [0.1, 0.15) is 0 Å².